The van der Waals surface area contributed by atoms with Crippen molar-refractivity contribution >= 4 is 11.9 Å². The molecule has 1 aromatic carbocycles. The Morgan fingerprint density at radius 1 is 1.15 bits per heavy atom. The number of ether oxygens (including phenoxy) is 3. The molecule has 0 saturated heterocycles. The van der Waals surface area contributed by atoms with Crippen molar-refractivity contribution in [2.45, 2.75) is 13.3 Å². The minimum Gasteiger partial charge on any atom is -0.493 e. The minimum absolute atomic E-state index is 0.125. The SMILES string of the molecule is CCOC(=O)CNC(=O)Cc1ccc(OC)c(OC)c1. The van der Waals surface area contributed by atoms with E-state index in [0.717, 1.165) is 5.56 Å². The molecule has 1 N–H and O–H groups in total. The molecular formula is C14H19NO5. The molecule has 6 heteroatoms. The van der Waals surface area contributed by atoms with E-state index in [0.29, 0.717) is 18.1 Å². The van der Waals surface area contributed by atoms with Crippen LogP contribution in [0.15, 0.2) is 18.2 Å². The molecule has 20 heavy (non-hydrogen) atoms. The third-order valence-electron chi connectivity index (χ3n) is 2.55. The Labute approximate surface area is 118 Å². The predicted octanol–water partition coefficient (Wildman–Crippen LogP) is 0.926. The van der Waals surface area contributed by atoms with Gasteiger partial charge in [0, 0.05) is 0 Å². The third kappa shape index (κ3) is 4.79. The summed E-state index contributed by atoms with van der Waals surface area (Å²) >= 11 is 0. The lowest BCUT2D eigenvalue weighted by atomic mass is 10.1. The van der Waals surface area contributed by atoms with E-state index >= 15 is 0 Å². The first-order valence-electron chi connectivity index (χ1n) is 6.24. The molecule has 0 aromatic heterocycles. The molecule has 1 rings (SSSR count). The molecule has 0 aliphatic heterocycles. The van der Waals surface area contributed by atoms with Gasteiger partial charge in [-0.05, 0) is 24.6 Å². The average Bonchev–Trinajstić information content (AvgIpc) is 2.45. The van der Waals surface area contributed by atoms with Crippen LogP contribution in [0.5, 0.6) is 11.5 Å². The van der Waals surface area contributed by atoms with Crippen molar-refractivity contribution in [2.24, 2.45) is 0 Å². The topological polar surface area (TPSA) is 73.9 Å². The highest BCUT2D eigenvalue weighted by atomic mass is 16.5. The molecule has 0 unspecified atom stereocenters. The lowest BCUT2D eigenvalue weighted by Gasteiger charge is -2.09. The zero-order chi connectivity index (χ0) is 15.0. The maximum atomic E-state index is 11.7. The van der Waals surface area contributed by atoms with Gasteiger partial charge < -0.3 is 19.5 Å². The van der Waals surface area contributed by atoms with Crippen LogP contribution in [-0.4, -0.2) is 39.2 Å². The second-order valence-electron chi connectivity index (χ2n) is 3.95. The fourth-order valence-electron chi connectivity index (χ4n) is 1.62. The molecule has 0 atom stereocenters. The van der Waals surface area contributed by atoms with Crippen LogP contribution >= 0.6 is 0 Å². The Balaban J connectivity index is 2.55. The van der Waals surface area contributed by atoms with E-state index in [1.807, 2.05) is 0 Å². The van der Waals surface area contributed by atoms with Crippen molar-refractivity contribution in [2.75, 3.05) is 27.4 Å². The van der Waals surface area contributed by atoms with E-state index in [4.69, 9.17) is 14.2 Å². The Morgan fingerprint density at radius 3 is 2.45 bits per heavy atom. The van der Waals surface area contributed by atoms with Crippen LogP contribution < -0.4 is 14.8 Å². The standard InChI is InChI=1S/C14H19NO5/c1-4-20-14(17)9-15-13(16)8-10-5-6-11(18-2)12(7-10)19-3/h5-7H,4,8-9H2,1-3H3,(H,15,16). The van der Waals surface area contributed by atoms with Crippen LogP contribution in [0.1, 0.15) is 12.5 Å². The number of methoxy groups -OCH3 is 2. The number of carbonyl (C=O) groups is 2. The van der Waals surface area contributed by atoms with Gasteiger partial charge in [-0.3, -0.25) is 9.59 Å². The summed E-state index contributed by atoms with van der Waals surface area (Å²) in [4.78, 5) is 22.8. The van der Waals surface area contributed by atoms with Gasteiger partial charge in [-0.25, -0.2) is 0 Å². The maximum Gasteiger partial charge on any atom is 0.325 e. The van der Waals surface area contributed by atoms with Crippen molar-refractivity contribution in [3.05, 3.63) is 23.8 Å². The highest BCUT2D eigenvalue weighted by Gasteiger charge is 2.09. The predicted molar refractivity (Wildman–Crippen MR) is 72.9 cm³/mol. The van der Waals surface area contributed by atoms with Crippen molar-refractivity contribution in [3.63, 3.8) is 0 Å². The number of rotatable bonds is 7. The second-order valence-corrected chi connectivity index (χ2v) is 3.95. The lowest BCUT2D eigenvalue weighted by molar-refractivity contribution is -0.143. The van der Waals surface area contributed by atoms with Gasteiger partial charge in [0.15, 0.2) is 11.5 Å². The molecule has 0 saturated carbocycles. The smallest absolute Gasteiger partial charge is 0.325 e. The van der Waals surface area contributed by atoms with Crippen LogP contribution in [0.25, 0.3) is 0 Å². The van der Waals surface area contributed by atoms with Crippen LogP contribution in [0.3, 0.4) is 0 Å². The molecule has 1 aromatic rings. The van der Waals surface area contributed by atoms with Crippen molar-refractivity contribution in [1.29, 1.82) is 0 Å². The van der Waals surface area contributed by atoms with Gasteiger partial charge in [-0.1, -0.05) is 6.07 Å². The molecule has 1 amide bonds. The molecule has 0 aliphatic rings. The summed E-state index contributed by atoms with van der Waals surface area (Å²) in [5.41, 5.74) is 0.768. The molecule has 0 heterocycles. The van der Waals surface area contributed by atoms with Crippen LogP contribution in [0.4, 0.5) is 0 Å². The van der Waals surface area contributed by atoms with Crippen LogP contribution in [0.2, 0.25) is 0 Å². The normalized spacial score (nSPS) is 9.75. The molecular weight excluding hydrogens is 262 g/mol. The van der Waals surface area contributed by atoms with Gasteiger partial charge in [0.1, 0.15) is 6.54 Å². The van der Waals surface area contributed by atoms with E-state index in [-0.39, 0.29) is 18.9 Å². The van der Waals surface area contributed by atoms with Gasteiger partial charge in [-0.2, -0.15) is 0 Å². The van der Waals surface area contributed by atoms with E-state index in [1.165, 1.54) is 7.11 Å². The molecule has 0 spiro atoms. The molecule has 0 radical (unpaired) electrons. The Bertz CT molecular complexity index is 473. The Morgan fingerprint density at radius 2 is 1.85 bits per heavy atom. The molecule has 110 valence electrons. The fraction of sp³-hybridized carbons (Fsp3) is 0.429. The first-order valence-corrected chi connectivity index (χ1v) is 6.24. The zero-order valence-electron chi connectivity index (χ0n) is 11.9. The van der Waals surface area contributed by atoms with Crippen LogP contribution in [-0.2, 0) is 20.7 Å². The Hall–Kier alpha value is -2.24. The van der Waals surface area contributed by atoms with E-state index < -0.39 is 5.97 Å². The number of nitrogens with one attached hydrogen (secondary N) is 1. The van der Waals surface area contributed by atoms with Gasteiger partial charge in [0.2, 0.25) is 5.91 Å². The number of hydrogen-bond donors (Lipinski definition) is 1. The lowest BCUT2D eigenvalue weighted by Crippen LogP contribution is -2.31. The van der Waals surface area contributed by atoms with E-state index in [2.05, 4.69) is 5.32 Å². The van der Waals surface area contributed by atoms with Crippen molar-refractivity contribution < 1.29 is 23.8 Å². The van der Waals surface area contributed by atoms with Gasteiger partial charge >= 0.3 is 5.97 Å². The number of hydrogen-bond acceptors (Lipinski definition) is 5. The number of benzene rings is 1. The second kappa shape index (κ2) is 8.04. The van der Waals surface area contributed by atoms with Crippen LogP contribution in [0, 0.1) is 0 Å². The number of amides is 1. The first kappa shape index (κ1) is 15.8. The minimum atomic E-state index is -0.451. The van der Waals surface area contributed by atoms with Gasteiger partial charge in [-0.15, -0.1) is 0 Å². The fourth-order valence-corrected chi connectivity index (χ4v) is 1.62. The highest BCUT2D eigenvalue weighted by molar-refractivity contribution is 5.83. The van der Waals surface area contributed by atoms with E-state index in [9.17, 15) is 9.59 Å². The van der Waals surface area contributed by atoms with Gasteiger partial charge in [0.05, 0.1) is 27.2 Å². The summed E-state index contributed by atoms with van der Waals surface area (Å²) in [6, 6.07) is 5.22. The van der Waals surface area contributed by atoms with Gasteiger partial charge in [0.25, 0.3) is 0 Å². The third-order valence-corrected chi connectivity index (χ3v) is 2.55. The summed E-state index contributed by atoms with van der Waals surface area (Å²) in [7, 11) is 3.08. The Kier molecular flexibility index (Phi) is 6.36. The molecule has 0 aliphatic carbocycles. The maximum absolute atomic E-state index is 11.7. The summed E-state index contributed by atoms with van der Waals surface area (Å²) < 4.78 is 15.0. The summed E-state index contributed by atoms with van der Waals surface area (Å²) in [5.74, 6) is 0.449. The largest absolute Gasteiger partial charge is 0.493 e. The monoisotopic (exact) mass is 281 g/mol. The molecule has 0 bridgehead atoms. The highest BCUT2D eigenvalue weighted by Crippen LogP contribution is 2.27. The number of carbonyl (C=O) groups excluding carboxylic acids is 2. The number of esters is 1. The van der Waals surface area contributed by atoms with Crippen molar-refractivity contribution in [3.8, 4) is 11.5 Å². The van der Waals surface area contributed by atoms with E-state index in [1.54, 1.807) is 32.2 Å². The summed E-state index contributed by atoms with van der Waals surface area (Å²) in [6.45, 7) is 1.88. The zero-order valence-corrected chi connectivity index (χ0v) is 11.9. The van der Waals surface area contributed by atoms with Crippen molar-refractivity contribution in [1.82, 2.24) is 5.32 Å². The molecule has 6 nitrogen and oxygen atoms in total. The summed E-state index contributed by atoms with van der Waals surface area (Å²) in [5, 5.41) is 2.50. The first-order chi connectivity index (χ1) is 9.60. The summed E-state index contributed by atoms with van der Waals surface area (Å²) in [6.07, 6.45) is 0.153. The molecule has 0 fully saturated rings. The average molecular weight is 281 g/mol. The quantitative estimate of drug-likeness (QED) is 0.752.